The number of benzene rings is 1. The number of rotatable bonds is 4. The van der Waals surface area contributed by atoms with E-state index in [-0.39, 0.29) is 0 Å². The lowest BCUT2D eigenvalue weighted by molar-refractivity contribution is 0.449. The Balaban J connectivity index is 2.35. The third-order valence-electron chi connectivity index (χ3n) is 3.11. The summed E-state index contributed by atoms with van der Waals surface area (Å²) in [7, 11) is 2.02. The Morgan fingerprint density at radius 1 is 1.21 bits per heavy atom. The topological polar surface area (TPSA) is 12.0 Å². The molecule has 1 heterocycles. The summed E-state index contributed by atoms with van der Waals surface area (Å²) in [5.74, 6) is 0.573. The van der Waals surface area contributed by atoms with Crippen molar-refractivity contribution in [2.24, 2.45) is 5.92 Å². The van der Waals surface area contributed by atoms with Gasteiger partial charge in [0.05, 0.1) is 5.02 Å². The number of hydrogen-bond acceptors (Lipinski definition) is 2. The van der Waals surface area contributed by atoms with Crippen LogP contribution in [-0.4, -0.2) is 7.05 Å². The predicted molar refractivity (Wildman–Crippen MR) is 94.1 cm³/mol. The fourth-order valence-corrected chi connectivity index (χ4v) is 4.50. The van der Waals surface area contributed by atoms with Gasteiger partial charge in [-0.25, -0.2) is 0 Å². The molecule has 0 bridgehead atoms. The minimum Gasteiger partial charge on any atom is -0.312 e. The SMILES string of the molecule is CNC(c1ccc(-c2ccc(I)cc2Cl)s1)C(C)C. The van der Waals surface area contributed by atoms with Crippen molar-refractivity contribution in [2.45, 2.75) is 19.9 Å². The molecule has 1 nitrogen and oxygen atoms in total. The van der Waals surface area contributed by atoms with Gasteiger partial charge in [-0.1, -0.05) is 31.5 Å². The van der Waals surface area contributed by atoms with Crippen molar-refractivity contribution in [2.75, 3.05) is 7.05 Å². The molecule has 102 valence electrons. The third-order valence-corrected chi connectivity index (χ3v) is 5.29. The van der Waals surface area contributed by atoms with E-state index in [1.165, 1.54) is 13.3 Å². The van der Waals surface area contributed by atoms with Crippen molar-refractivity contribution in [1.29, 1.82) is 0 Å². The maximum atomic E-state index is 6.34. The zero-order chi connectivity index (χ0) is 14.0. The van der Waals surface area contributed by atoms with E-state index in [0.717, 1.165) is 10.6 Å². The van der Waals surface area contributed by atoms with Gasteiger partial charge in [-0.05, 0) is 59.8 Å². The molecule has 1 N–H and O–H groups in total. The lowest BCUT2D eigenvalue weighted by Gasteiger charge is -2.18. The van der Waals surface area contributed by atoms with Crippen LogP contribution in [-0.2, 0) is 0 Å². The summed E-state index contributed by atoms with van der Waals surface area (Å²) in [6.45, 7) is 4.47. The fourth-order valence-electron chi connectivity index (χ4n) is 2.16. The summed E-state index contributed by atoms with van der Waals surface area (Å²) < 4.78 is 1.17. The molecule has 4 heteroatoms. The molecule has 2 rings (SSSR count). The predicted octanol–water partition coefficient (Wildman–Crippen LogP) is 5.59. The number of halogens is 2. The van der Waals surface area contributed by atoms with Crippen LogP contribution in [0.5, 0.6) is 0 Å². The van der Waals surface area contributed by atoms with Gasteiger partial charge in [0.1, 0.15) is 0 Å². The normalized spacial score (nSPS) is 12.9. The molecule has 1 aromatic carbocycles. The fraction of sp³-hybridized carbons (Fsp3) is 0.333. The highest BCUT2D eigenvalue weighted by molar-refractivity contribution is 14.1. The van der Waals surface area contributed by atoms with Crippen molar-refractivity contribution in [3.8, 4) is 10.4 Å². The Hall–Kier alpha value is -0.100. The van der Waals surface area contributed by atoms with Crippen LogP contribution in [0, 0.1) is 9.49 Å². The molecule has 0 saturated heterocycles. The summed E-state index contributed by atoms with van der Waals surface area (Å²) >= 11 is 10.4. The minimum atomic E-state index is 0.404. The molecule has 0 spiro atoms. The van der Waals surface area contributed by atoms with E-state index in [0.29, 0.717) is 12.0 Å². The molecule has 0 radical (unpaired) electrons. The van der Waals surface area contributed by atoms with Crippen molar-refractivity contribution >= 4 is 45.5 Å². The number of hydrogen-bond donors (Lipinski definition) is 1. The van der Waals surface area contributed by atoms with Gasteiger partial charge in [-0.15, -0.1) is 11.3 Å². The Labute approximate surface area is 137 Å². The van der Waals surface area contributed by atoms with E-state index in [9.17, 15) is 0 Å². The van der Waals surface area contributed by atoms with Crippen molar-refractivity contribution in [1.82, 2.24) is 5.32 Å². The molecule has 1 aromatic heterocycles. The standard InChI is InChI=1S/C15H17ClINS/c1-9(2)15(18-3)14-7-6-13(19-14)11-5-4-10(17)8-12(11)16/h4-9,15,18H,1-3H3. The first-order chi connectivity index (χ1) is 9.02. The maximum Gasteiger partial charge on any atom is 0.0503 e. The average molecular weight is 406 g/mol. The first-order valence-electron chi connectivity index (χ1n) is 6.25. The van der Waals surface area contributed by atoms with Crippen LogP contribution in [0.1, 0.15) is 24.8 Å². The van der Waals surface area contributed by atoms with Crippen LogP contribution in [0.15, 0.2) is 30.3 Å². The van der Waals surface area contributed by atoms with Crippen LogP contribution in [0.25, 0.3) is 10.4 Å². The van der Waals surface area contributed by atoms with Gasteiger partial charge in [-0.2, -0.15) is 0 Å². The van der Waals surface area contributed by atoms with Gasteiger partial charge >= 0.3 is 0 Å². The minimum absolute atomic E-state index is 0.404. The average Bonchev–Trinajstić information content (AvgIpc) is 2.78. The molecule has 1 unspecified atom stereocenters. The van der Waals surface area contributed by atoms with Gasteiger partial charge in [0.15, 0.2) is 0 Å². The molecular weight excluding hydrogens is 389 g/mol. The highest BCUT2D eigenvalue weighted by Crippen LogP contribution is 2.37. The van der Waals surface area contributed by atoms with Gasteiger partial charge < -0.3 is 5.32 Å². The zero-order valence-electron chi connectivity index (χ0n) is 11.2. The summed E-state index contributed by atoms with van der Waals surface area (Å²) in [4.78, 5) is 2.60. The van der Waals surface area contributed by atoms with E-state index in [1.807, 2.05) is 24.5 Å². The molecule has 0 fully saturated rings. The van der Waals surface area contributed by atoms with Gasteiger partial charge in [0.25, 0.3) is 0 Å². The molecule has 0 amide bonds. The van der Waals surface area contributed by atoms with Gasteiger partial charge in [-0.3, -0.25) is 0 Å². The van der Waals surface area contributed by atoms with Crippen LogP contribution in [0.4, 0.5) is 0 Å². The first-order valence-corrected chi connectivity index (χ1v) is 8.52. The summed E-state index contributed by atoms with van der Waals surface area (Å²) in [5, 5.41) is 4.21. The van der Waals surface area contributed by atoms with Gasteiger partial charge in [0, 0.05) is 24.9 Å². The van der Waals surface area contributed by atoms with E-state index >= 15 is 0 Å². The molecule has 0 saturated carbocycles. The maximum absolute atomic E-state index is 6.34. The van der Waals surface area contributed by atoms with Crippen LogP contribution >= 0.6 is 45.5 Å². The largest absolute Gasteiger partial charge is 0.312 e. The first kappa shape index (κ1) is 15.3. The van der Waals surface area contributed by atoms with Crippen LogP contribution in [0.2, 0.25) is 5.02 Å². The second-order valence-corrected chi connectivity index (χ2v) is 7.60. The second-order valence-electron chi connectivity index (χ2n) is 4.84. The third kappa shape index (κ3) is 3.51. The molecule has 2 aromatic rings. The lowest BCUT2D eigenvalue weighted by Crippen LogP contribution is -2.20. The van der Waals surface area contributed by atoms with Crippen molar-refractivity contribution < 1.29 is 0 Å². The Morgan fingerprint density at radius 3 is 2.53 bits per heavy atom. The molecule has 0 aliphatic carbocycles. The molecule has 0 aliphatic rings. The van der Waals surface area contributed by atoms with Crippen LogP contribution in [0.3, 0.4) is 0 Å². The summed E-state index contributed by atoms with van der Waals surface area (Å²) in [6.07, 6.45) is 0. The van der Waals surface area contributed by atoms with E-state index in [1.54, 1.807) is 0 Å². The molecule has 19 heavy (non-hydrogen) atoms. The summed E-state index contributed by atoms with van der Waals surface area (Å²) in [6, 6.07) is 11.0. The van der Waals surface area contributed by atoms with Crippen molar-refractivity contribution in [3.05, 3.63) is 43.8 Å². The number of thiophene rings is 1. The quantitative estimate of drug-likeness (QED) is 0.654. The smallest absolute Gasteiger partial charge is 0.0503 e. The lowest BCUT2D eigenvalue weighted by atomic mass is 10.0. The van der Waals surface area contributed by atoms with Crippen LogP contribution < -0.4 is 5.32 Å². The molecule has 1 atom stereocenters. The monoisotopic (exact) mass is 405 g/mol. The van der Waals surface area contributed by atoms with E-state index in [2.05, 4.69) is 66.0 Å². The van der Waals surface area contributed by atoms with E-state index in [4.69, 9.17) is 11.6 Å². The molecular formula is C15H17ClINS. The summed E-state index contributed by atoms with van der Waals surface area (Å²) in [5.41, 5.74) is 1.12. The Kier molecular flexibility index (Phi) is 5.29. The zero-order valence-corrected chi connectivity index (χ0v) is 14.9. The number of nitrogens with one attached hydrogen (secondary N) is 1. The Morgan fingerprint density at radius 2 is 1.95 bits per heavy atom. The highest BCUT2D eigenvalue weighted by atomic mass is 127. The van der Waals surface area contributed by atoms with Crippen molar-refractivity contribution in [3.63, 3.8) is 0 Å². The second kappa shape index (κ2) is 6.57. The van der Waals surface area contributed by atoms with E-state index < -0.39 is 0 Å². The van der Waals surface area contributed by atoms with Gasteiger partial charge in [0.2, 0.25) is 0 Å². The highest BCUT2D eigenvalue weighted by Gasteiger charge is 2.16. The molecule has 0 aliphatic heterocycles. The Bertz CT molecular complexity index is 565.